The second-order valence-electron chi connectivity index (χ2n) is 9.17. The van der Waals surface area contributed by atoms with Crippen LogP contribution in [-0.4, -0.2) is 13.2 Å². The van der Waals surface area contributed by atoms with Crippen LogP contribution < -0.4 is 14.8 Å². The van der Waals surface area contributed by atoms with Crippen molar-refractivity contribution in [2.45, 2.75) is 45.7 Å². The first-order valence-corrected chi connectivity index (χ1v) is 13.0. The van der Waals surface area contributed by atoms with E-state index in [0.29, 0.717) is 13.2 Å². The lowest BCUT2D eigenvalue weighted by Crippen LogP contribution is -2.15. The van der Waals surface area contributed by atoms with Crippen molar-refractivity contribution in [2.75, 3.05) is 13.2 Å². The third-order valence-electron chi connectivity index (χ3n) is 6.36. The highest BCUT2D eigenvalue weighted by atomic mass is 16.5. The van der Waals surface area contributed by atoms with Crippen LogP contribution in [0.2, 0.25) is 0 Å². The van der Waals surface area contributed by atoms with Crippen LogP contribution in [0.15, 0.2) is 103 Å². The fourth-order valence-corrected chi connectivity index (χ4v) is 4.26. The lowest BCUT2D eigenvalue weighted by atomic mass is 10.1. The van der Waals surface area contributed by atoms with Gasteiger partial charge in [-0.15, -0.1) is 0 Å². The minimum absolute atomic E-state index is 0.678. The predicted octanol–water partition coefficient (Wildman–Crippen LogP) is 7.31. The summed E-state index contributed by atoms with van der Waals surface area (Å²) in [6.07, 6.45) is 3.99. The van der Waals surface area contributed by atoms with E-state index in [-0.39, 0.29) is 0 Å². The van der Waals surface area contributed by atoms with Gasteiger partial charge >= 0.3 is 0 Å². The monoisotopic (exact) mass is 479 g/mol. The minimum atomic E-state index is 0.678. The second-order valence-corrected chi connectivity index (χ2v) is 9.17. The van der Waals surface area contributed by atoms with E-state index in [2.05, 4.69) is 115 Å². The summed E-state index contributed by atoms with van der Waals surface area (Å²) in [5.74, 6) is 1.77. The van der Waals surface area contributed by atoms with Crippen LogP contribution >= 0.6 is 0 Å². The van der Waals surface area contributed by atoms with Crippen molar-refractivity contribution in [1.29, 1.82) is 0 Å². The molecule has 0 aliphatic carbocycles. The van der Waals surface area contributed by atoms with Crippen molar-refractivity contribution in [3.05, 3.63) is 131 Å². The fraction of sp³-hybridized carbons (Fsp3) is 0.273. The zero-order valence-electron chi connectivity index (χ0n) is 21.3. The summed E-state index contributed by atoms with van der Waals surface area (Å²) in [7, 11) is 0. The average Bonchev–Trinajstić information content (AvgIpc) is 2.92. The van der Waals surface area contributed by atoms with Gasteiger partial charge in [0.05, 0.1) is 13.2 Å². The van der Waals surface area contributed by atoms with Gasteiger partial charge in [-0.2, -0.15) is 0 Å². The Morgan fingerprint density at radius 2 is 1.17 bits per heavy atom. The lowest BCUT2D eigenvalue weighted by Gasteiger charge is -2.15. The third-order valence-corrected chi connectivity index (χ3v) is 6.36. The maximum Gasteiger partial charge on any atom is 0.127 e. The Labute approximate surface area is 216 Å². The van der Waals surface area contributed by atoms with Gasteiger partial charge in [0.1, 0.15) is 11.5 Å². The van der Waals surface area contributed by atoms with Crippen molar-refractivity contribution in [3.63, 3.8) is 0 Å². The summed E-state index contributed by atoms with van der Waals surface area (Å²) < 4.78 is 12.4. The van der Waals surface area contributed by atoms with Crippen LogP contribution in [0.3, 0.4) is 0 Å². The molecule has 0 saturated heterocycles. The van der Waals surface area contributed by atoms with E-state index < -0.39 is 0 Å². The number of benzene rings is 4. The molecular weight excluding hydrogens is 442 g/mol. The Morgan fingerprint density at radius 3 is 1.83 bits per heavy atom. The maximum atomic E-state index is 6.28. The number of rotatable bonds is 14. The van der Waals surface area contributed by atoms with E-state index >= 15 is 0 Å². The molecule has 1 N–H and O–H groups in total. The molecule has 0 heterocycles. The molecule has 4 rings (SSSR count). The molecule has 0 fully saturated rings. The number of hydrogen-bond donors (Lipinski definition) is 1. The first-order chi connectivity index (χ1) is 17.8. The van der Waals surface area contributed by atoms with E-state index in [0.717, 1.165) is 55.8 Å². The van der Waals surface area contributed by atoms with Crippen molar-refractivity contribution in [3.8, 4) is 11.5 Å². The molecule has 0 aliphatic rings. The molecule has 0 unspecified atom stereocenters. The SMILES string of the molecule is Cc1ccccc1CNCc1ccc(OCCCc2ccccc2)cc1OCCCc1ccccc1. The highest BCUT2D eigenvalue weighted by Gasteiger charge is 2.08. The first-order valence-electron chi connectivity index (χ1n) is 13.0. The lowest BCUT2D eigenvalue weighted by molar-refractivity contribution is 0.293. The summed E-state index contributed by atoms with van der Waals surface area (Å²) in [5.41, 5.74) is 6.47. The molecule has 186 valence electrons. The molecule has 4 aromatic carbocycles. The van der Waals surface area contributed by atoms with Gasteiger partial charge < -0.3 is 14.8 Å². The molecule has 0 aromatic heterocycles. The molecule has 3 nitrogen and oxygen atoms in total. The highest BCUT2D eigenvalue weighted by Crippen LogP contribution is 2.26. The van der Waals surface area contributed by atoms with Crippen LogP contribution in [-0.2, 0) is 25.9 Å². The summed E-state index contributed by atoms with van der Waals surface area (Å²) in [6, 6.07) is 35.9. The van der Waals surface area contributed by atoms with Crippen molar-refractivity contribution >= 4 is 0 Å². The normalized spacial score (nSPS) is 10.8. The quantitative estimate of drug-likeness (QED) is 0.192. The summed E-state index contributed by atoms with van der Waals surface area (Å²) in [4.78, 5) is 0. The number of ether oxygens (including phenoxy) is 2. The highest BCUT2D eigenvalue weighted by molar-refractivity contribution is 5.41. The topological polar surface area (TPSA) is 30.5 Å². The number of nitrogens with one attached hydrogen (secondary N) is 1. The van der Waals surface area contributed by atoms with E-state index in [1.165, 1.54) is 22.3 Å². The zero-order valence-corrected chi connectivity index (χ0v) is 21.3. The first kappa shape index (κ1) is 25.5. The zero-order chi connectivity index (χ0) is 24.8. The van der Waals surface area contributed by atoms with Gasteiger partial charge in [-0.1, -0.05) is 91.0 Å². The summed E-state index contributed by atoms with van der Waals surface area (Å²) in [5, 5.41) is 3.58. The molecule has 3 heteroatoms. The van der Waals surface area contributed by atoms with Crippen LogP contribution in [0.5, 0.6) is 11.5 Å². The molecule has 4 aromatic rings. The molecule has 36 heavy (non-hydrogen) atoms. The van der Waals surface area contributed by atoms with Crippen LogP contribution in [0.4, 0.5) is 0 Å². The van der Waals surface area contributed by atoms with Gasteiger partial charge in [0.2, 0.25) is 0 Å². The largest absolute Gasteiger partial charge is 0.493 e. The van der Waals surface area contributed by atoms with Gasteiger partial charge in [-0.25, -0.2) is 0 Å². The number of hydrogen-bond acceptors (Lipinski definition) is 3. The van der Waals surface area contributed by atoms with Gasteiger partial charge in [0.25, 0.3) is 0 Å². The maximum absolute atomic E-state index is 6.28. The summed E-state index contributed by atoms with van der Waals surface area (Å²) in [6.45, 7) is 5.10. The van der Waals surface area contributed by atoms with Crippen LogP contribution in [0, 0.1) is 6.92 Å². The molecule has 0 aliphatic heterocycles. The minimum Gasteiger partial charge on any atom is -0.493 e. The number of aryl methyl sites for hydroxylation is 3. The fourth-order valence-electron chi connectivity index (χ4n) is 4.26. The van der Waals surface area contributed by atoms with E-state index in [4.69, 9.17) is 9.47 Å². The second kappa shape index (κ2) is 14.1. The van der Waals surface area contributed by atoms with Gasteiger partial charge in [0, 0.05) is 24.7 Å². The van der Waals surface area contributed by atoms with E-state index in [1.807, 2.05) is 0 Å². The third kappa shape index (κ3) is 8.28. The van der Waals surface area contributed by atoms with E-state index in [9.17, 15) is 0 Å². The Kier molecular flexibility index (Phi) is 10.0. The molecule has 0 bridgehead atoms. The molecular formula is C33H37NO2. The molecule has 0 amide bonds. The van der Waals surface area contributed by atoms with E-state index in [1.54, 1.807) is 0 Å². The van der Waals surface area contributed by atoms with Crippen molar-refractivity contribution in [2.24, 2.45) is 0 Å². The average molecular weight is 480 g/mol. The Balaban J connectivity index is 1.33. The van der Waals surface area contributed by atoms with Crippen molar-refractivity contribution < 1.29 is 9.47 Å². The molecule has 0 spiro atoms. The van der Waals surface area contributed by atoms with Crippen LogP contribution in [0.1, 0.15) is 40.7 Å². The van der Waals surface area contributed by atoms with Gasteiger partial charge in [-0.05, 0) is 60.9 Å². The molecule has 0 atom stereocenters. The molecule has 0 radical (unpaired) electrons. The van der Waals surface area contributed by atoms with Crippen LogP contribution in [0.25, 0.3) is 0 Å². The smallest absolute Gasteiger partial charge is 0.127 e. The Hall–Kier alpha value is -3.56. The Bertz CT molecular complexity index is 1170. The Morgan fingerprint density at radius 1 is 0.583 bits per heavy atom. The van der Waals surface area contributed by atoms with Crippen molar-refractivity contribution in [1.82, 2.24) is 5.32 Å². The summed E-state index contributed by atoms with van der Waals surface area (Å²) >= 11 is 0. The molecule has 0 saturated carbocycles. The van der Waals surface area contributed by atoms with Gasteiger partial charge in [-0.3, -0.25) is 0 Å². The van der Waals surface area contributed by atoms with Gasteiger partial charge in [0.15, 0.2) is 0 Å². The standard InChI is InChI=1S/C33H37NO2/c1-27-12-8-9-19-30(27)25-34-26-31-20-21-32(35-22-10-17-28-13-4-2-5-14-28)24-33(31)36-23-11-18-29-15-6-3-7-16-29/h2-9,12-16,19-21,24,34H,10-11,17-18,22-23,25-26H2,1H3. The predicted molar refractivity (Wildman–Crippen MR) is 149 cm³/mol.